The number of ether oxygens (including phenoxy) is 1. The molecule has 0 spiro atoms. The molecule has 21 heavy (non-hydrogen) atoms. The van der Waals surface area contributed by atoms with Gasteiger partial charge in [0.1, 0.15) is 0 Å². The van der Waals surface area contributed by atoms with Crippen LogP contribution in [-0.4, -0.2) is 40.6 Å². The molecule has 5 nitrogen and oxygen atoms in total. The van der Waals surface area contributed by atoms with E-state index in [1.165, 1.54) is 18.5 Å². The molecule has 1 aromatic rings. The summed E-state index contributed by atoms with van der Waals surface area (Å²) in [7, 11) is 1.73. The van der Waals surface area contributed by atoms with E-state index in [0.29, 0.717) is 19.6 Å². The minimum Gasteiger partial charge on any atom is -0.384 e. The zero-order chi connectivity index (χ0) is 14.8. The van der Waals surface area contributed by atoms with E-state index in [-0.39, 0.29) is 11.8 Å². The first kappa shape index (κ1) is 14.6. The number of carbonyl (C=O) groups excluding carboxylic acids is 1. The fraction of sp³-hybridized carbons (Fsp3) is 0.750. The lowest BCUT2D eigenvalue weighted by atomic mass is 9.98. The number of methoxy groups -OCH3 is 1. The van der Waals surface area contributed by atoms with Crippen molar-refractivity contribution in [3.05, 3.63) is 17.7 Å². The van der Waals surface area contributed by atoms with Gasteiger partial charge in [0, 0.05) is 38.2 Å². The lowest BCUT2D eigenvalue weighted by molar-refractivity contribution is -0.132. The first-order valence-electron chi connectivity index (χ1n) is 8.03. The lowest BCUT2D eigenvalue weighted by Crippen LogP contribution is -2.40. The van der Waals surface area contributed by atoms with Crippen molar-refractivity contribution in [1.82, 2.24) is 14.5 Å². The fourth-order valence-corrected chi connectivity index (χ4v) is 3.24. The molecule has 1 saturated carbocycles. The van der Waals surface area contributed by atoms with Crippen LogP contribution in [0.5, 0.6) is 0 Å². The summed E-state index contributed by atoms with van der Waals surface area (Å²) in [6.45, 7) is 5.19. The van der Waals surface area contributed by atoms with Gasteiger partial charge in [-0.3, -0.25) is 4.79 Å². The van der Waals surface area contributed by atoms with Crippen LogP contribution in [-0.2, 0) is 22.6 Å². The smallest absolute Gasteiger partial charge is 0.222 e. The van der Waals surface area contributed by atoms with E-state index in [4.69, 9.17) is 4.74 Å². The van der Waals surface area contributed by atoms with E-state index in [1.807, 2.05) is 18.2 Å². The Morgan fingerprint density at radius 3 is 2.95 bits per heavy atom. The number of aromatic nitrogens is 2. The van der Waals surface area contributed by atoms with Gasteiger partial charge in [0.15, 0.2) is 0 Å². The van der Waals surface area contributed by atoms with Crippen LogP contribution < -0.4 is 0 Å². The zero-order valence-electron chi connectivity index (χ0n) is 13.0. The number of carbonyl (C=O) groups is 1. The van der Waals surface area contributed by atoms with Gasteiger partial charge in [-0.25, -0.2) is 4.98 Å². The summed E-state index contributed by atoms with van der Waals surface area (Å²) in [5.74, 6) is 1.31. The molecule has 3 rings (SSSR count). The van der Waals surface area contributed by atoms with Crippen molar-refractivity contribution in [3.63, 3.8) is 0 Å². The Hall–Kier alpha value is -1.36. The average molecular weight is 291 g/mol. The van der Waals surface area contributed by atoms with E-state index in [2.05, 4.69) is 9.55 Å². The highest BCUT2D eigenvalue weighted by Gasteiger charge is 2.33. The molecule has 0 unspecified atom stereocenters. The van der Waals surface area contributed by atoms with Crippen LogP contribution in [0.4, 0.5) is 0 Å². The molecule has 1 aromatic heterocycles. The van der Waals surface area contributed by atoms with Gasteiger partial charge in [0.2, 0.25) is 5.91 Å². The maximum Gasteiger partial charge on any atom is 0.222 e. The highest BCUT2D eigenvalue weighted by molar-refractivity contribution is 5.76. The van der Waals surface area contributed by atoms with Crippen LogP contribution in [0.1, 0.15) is 49.9 Å². The Morgan fingerprint density at radius 1 is 1.48 bits per heavy atom. The second kappa shape index (κ2) is 6.18. The molecular formula is C16H25N3O2. The quantitative estimate of drug-likeness (QED) is 0.807. The van der Waals surface area contributed by atoms with E-state index >= 15 is 0 Å². The Balaban J connectivity index is 1.81. The number of imidazole rings is 1. The largest absolute Gasteiger partial charge is 0.384 e. The predicted molar refractivity (Wildman–Crippen MR) is 79.9 cm³/mol. The van der Waals surface area contributed by atoms with Gasteiger partial charge in [-0.1, -0.05) is 6.92 Å². The van der Waals surface area contributed by atoms with Crippen molar-refractivity contribution in [3.8, 4) is 0 Å². The summed E-state index contributed by atoms with van der Waals surface area (Å²) in [6.07, 6.45) is 6.15. The molecule has 1 fully saturated rings. The number of hydrogen-bond donors (Lipinski definition) is 0. The fourth-order valence-electron chi connectivity index (χ4n) is 3.24. The summed E-state index contributed by atoms with van der Waals surface area (Å²) in [5.41, 5.74) is 2.36. The average Bonchev–Trinajstić information content (AvgIpc) is 3.19. The minimum absolute atomic E-state index is 0.237. The van der Waals surface area contributed by atoms with Gasteiger partial charge in [0.25, 0.3) is 0 Å². The monoisotopic (exact) mass is 291 g/mol. The molecule has 1 amide bonds. The van der Waals surface area contributed by atoms with Gasteiger partial charge >= 0.3 is 0 Å². The Bertz CT molecular complexity index is 508. The third kappa shape index (κ3) is 3.12. The third-order valence-electron chi connectivity index (χ3n) is 4.46. The van der Waals surface area contributed by atoms with Crippen molar-refractivity contribution in [2.24, 2.45) is 5.92 Å². The maximum atomic E-state index is 12.2. The second-order valence-electron chi connectivity index (χ2n) is 6.35. The van der Waals surface area contributed by atoms with Crippen molar-refractivity contribution in [2.45, 2.75) is 51.6 Å². The molecule has 0 aromatic carbocycles. The summed E-state index contributed by atoms with van der Waals surface area (Å²) >= 11 is 0. The molecule has 116 valence electrons. The van der Waals surface area contributed by atoms with Gasteiger partial charge in [-0.15, -0.1) is 0 Å². The molecule has 5 heteroatoms. The molecule has 2 heterocycles. The number of amides is 1. The Kier molecular flexibility index (Phi) is 4.29. The molecule has 1 aliphatic heterocycles. The normalized spacial score (nSPS) is 21.4. The molecule has 2 aliphatic rings. The van der Waals surface area contributed by atoms with Crippen molar-refractivity contribution < 1.29 is 9.53 Å². The van der Waals surface area contributed by atoms with E-state index in [1.54, 1.807) is 7.11 Å². The van der Waals surface area contributed by atoms with Gasteiger partial charge in [-0.2, -0.15) is 0 Å². The van der Waals surface area contributed by atoms with Crippen LogP contribution in [0, 0.1) is 5.92 Å². The highest BCUT2D eigenvalue weighted by atomic mass is 16.5. The Labute approximate surface area is 126 Å². The topological polar surface area (TPSA) is 47.4 Å². The van der Waals surface area contributed by atoms with E-state index < -0.39 is 0 Å². The second-order valence-corrected chi connectivity index (χ2v) is 6.35. The molecule has 0 radical (unpaired) electrons. The highest BCUT2D eigenvalue weighted by Crippen LogP contribution is 2.34. The molecule has 0 bridgehead atoms. The standard InChI is InChI=1S/C16H25N3O2/c1-3-4-15(20)18-8-13(10-21-2)16-14(9-18)17-11-19(16)7-12-5-6-12/h11-13H,3-10H2,1-2H3/t13-/m1/s1. The third-order valence-corrected chi connectivity index (χ3v) is 4.46. The first-order chi connectivity index (χ1) is 10.2. The summed E-state index contributed by atoms with van der Waals surface area (Å²) in [6, 6.07) is 0. The van der Waals surface area contributed by atoms with Gasteiger partial charge in [-0.05, 0) is 25.2 Å². The SMILES string of the molecule is CCCC(=O)N1Cc2ncn(CC3CC3)c2[C@@H](COC)C1. The molecule has 0 N–H and O–H groups in total. The van der Waals surface area contributed by atoms with Crippen LogP contribution in [0.3, 0.4) is 0 Å². The zero-order valence-corrected chi connectivity index (χ0v) is 13.0. The lowest BCUT2D eigenvalue weighted by Gasteiger charge is -2.33. The Morgan fingerprint density at radius 2 is 2.29 bits per heavy atom. The van der Waals surface area contributed by atoms with E-state index in [0.717, 1.165) is 31.1 Å². The van der Waals surface area contributed by atoms with Gasteiger partial charge in [0.05, 0.1) is 25.2 Å². The van der Waals surface area contributed by atoms with Crippen molar-refractivity contribution in [2.75, 3.05) is 20.3 Å². The van der Waals surface area contributed by atoms with Crippen LogP contribution in [0.2, 0.25) is 0 Å². The van der Waals surface area contributed by atoms with Crippen molar-refractivity contribution >= 4 is 5.91 Å². The first-order valence-corrected chi connectivity index (χ1v) is 8.03. The van der Waals surface area contributed by atoms with Crippen LogP contribution in [0.15, 0.2) is 6.33 Å². The van der Waals surface area contributed by atoms with Crippen molar-refractivity contribution in [1.29, 1.82) is 0 Å². The van der Waals surface area contributed by atoms with E-state index in [9.17, 15) is 4.79 Å². The summed E-state index contributed by atoms with van der Waals surface area (Å²) < 4.78 is 7.70. The predicted octanol–water partition coefficient (Wildman–Crippen LogP) is 2.17. The number of rotatable bonds is 6. The minimum atomic E-state index is 0.237. The molecule has 0 saturated heterocycles. The van der Waals surface area contributed by atoms with Crippen LogP contribution in [0.25, 0.3) is 0 Å². The molecular weight excluding hydrogens is 266 g/mol. The molecule has 1 aliphatic carbocycles. The summed E-state index contributed by atoms with van der Waals surface area (Å²) in [4.78, 5) is 18.7. The number of nitrogens with zero attached hydrogens (tertiary/aromatic N) is 3. The number of fused-ring (bicyclic) bond motifs is 1. The maximum absolute atomic E-state index is 12.2. The summed E-state index contributed by atoms with van der Waals surface area (Å²) in [5, 5.41) is 0. The molecule has 1 atom stereocenters. The van der Waals surface area contributed by atoms with Gasteiger partial charge < -0.3 is 14.2 Å². The van der Waals surface area contributed by atoms with Crippen LogP contribution >= 0.6 is 0 Å². The number of hydrogen-bond acceptors (Lipinski definition) is 3.